The van der Waals surface area contributed by atoms with Gasteiger partial charge in [0.05, 0.1) is 28.9 Å². The topological polar surface area (TPSA) is 82.6 Å². The van der Waals surface area contributed by atoms with Gasteiger partial charge in [-0.3, -0.25) is 24.6 Å². The number of halogens is 2. The predicted molar refractivity (Wildman–Crippen MR) is 129 cm³/mol. The van der Waals surface area contributed by atoms with E-state index in [2.05, 4.69) is 15.2 Å². The fraction of sp³-hybridized carbons (Fsp3) is 0.385. The number of hydrogen-bond donors (Lipinski definition) is 1. The number of thiazole rings is 1. The Bertz CT molecular complexity index is 1370. The largest absolute Gasteiger partial charge is 0.322 e. The van der Waals surface area contributed by atoms with E-state index < -0.39 is 35.4 Å². The Morgan fingerprint density at radius 1 is 1.08 bits per heavy atom. The second-order valence-corrected chi connectivity index (χ2v) is 10.8. The number of fused-ring (bicyclic) bond motifs is 2. The van der Waals surface area contributed by atoms with E-state index >= 15 is 8.78 Å². The van der Waals surface area contributed by atoms with E-state index in [0.29, 0.717) is 32.5 Å². The summed E-state index contributed by atoms with van der Waals surface area (Å²) in [6.45, 7) is 1.99. The van der Waals surface area contributed by atoms with Gasteiger partial charge in [-0.25, -0.2) is 13.8 Å². The van der Waals surface area contributed by atoms with Crippen molar-refractivity contribution in [2.24, 2.45) is 0 Å². The third kappa shape index (κ3) is 3.98. The van der Waals surface area contributed by atoms with E-state index in [-0.39, 0.29) is 42.0 Å². The molecular weight excluding hydrogens is 486 g/mol. The summed E-state index contributed by atoms with van der Waals surface area (Å²) < 4.78 is 32.0. The van der Waals surface area contributed by atoms with Gasteiger partial charge in [-0.1, -0.05) is 12.1 Å². The summed E-state index contributed by atoms with van der Waals surface area (Å²) in [5, 5.41) is 3.25. The van der Waals surface area contributed by atoms with Gasteiger partial charge in [0, 0.05) is 17.5 Å². The Morgan fingerprint density at radius 2 is 1.86 bits per heavy atom. The Morgan fingerprint density at radius 3 is 2.61 bits per heavy atom. The van der Waals surface area contributed by atoms with Crippen LogP contribution in [0.2, 0.25) is 0 Å². The lowest BCUT2D eigenvalue weighted by Gasteiger charge is -2.32. The van der Waals surface area contributed by atoms with Crippen LogP contribution in [-0.4, -0.2) is 51.6 Å². The molecule has 2 fully saturated rings. The third-order valence-corrected chi connectivity index (χ3v) is 8.47. The van der Waals surface area contributed by atoms with Gasteiger partial charge in [-0.05, 0) is 56.5 Å². The molecule has 7 nitrogen and oxygen atoms in total. The van der Waals surface area contributed by atoms with Crippen molar-refractivity contribution in [1.82, 2.24) is 20.1 Å². The average molecular weight is 511 g/mol. The minimum atomic E-state index is -0.862. The van der Waals surface area contributed by atoms with Crippen molar-refractivity contribution in [3.63, 3.8) is 0 Å². The molecule has 3 aliphatic rings. The zero-order chi connectivity index (χ0) is 25.0. The number of imide groups is 1. The minimum absolute atomic E-state index is 0.0336. The lowest BCUT2D eigenvalue weighted by molar-refractivity contribution is -0.136. The third-order valence-electron chi connectivity index (χ3n) is 7.45. The molecule has 0 spiro atoms. The molecule has 3 amide bonds. The van der Waals surface area contributed by atoms with Gasteiger partial charge in [0.15, 0.2) is 0 Å². The number of carbonyl (C=O) groups is 3. The van der Waals surface area contributed by atoms with E-state index in [0.717, 1.165) is 21.3 Å². The highest BCUT2D eigenvalue weighted by Crippen LogP contribution is 2.38. The number of para-hydroxylation sites is 1. The van der Waals surface area contributed by atoms with Crippen LogP contribution in [0.15, 0.2) is 30.3 Å². The van der Waals surface area contributed by atoms with E-state index in [1.165, 1.54) is 4.90 Å². The van der Waals surface area contributed by atoms with Crippen LogP contribution in [0.4, 0.5) is 8.78 Å². The standard InChI is InChI=1S/C26H24F2N4O3S/c27-17-11-15-16(12-32(26(15)35)19-5-6-21(33)30-25(19)34)24(28)23(17)14-7-9-31(10-8-14)13-22-29-18-3-1-2-4-20(18)36-22/h1-4,11,14,19H,5-10,12-13H2,(H,30,33,34). The number of likely N-dealkylation sites (tertiary alicyclic amines) is 1. The maximum atomic E-state index is 15.7. The quantitative estimate of drug-likeness (QED) is 0.541. The van der Waals surface area contributed by atoms with Crippen molar-refractivity contribution in [2.45, 2.75) is 50.7 Å². The van der Waals surface area contributed by atoms with Crippen molar-refractivity contribution in [1.29, 1.82) is 0 Å². The summed E-state index contributed by atoms with van der Waals surface area (Å²) >= 11 is 1.66. The first kappa shape index (κ1) is 23.2. The molecule has 0 saturated carbocycles. The van der Waals surface area contributed by atoms with Crippen molar-refractivity contribution in [2.75, 3.05) is 13.1 Å². The highest BCUT2D eigenvalue weighted by Gasteiger charge is 2.42. The van der Waals surface area contributed by atoms with Gasteiger partial charge in [0.25, 0.3) is 5.91 Å². The van der Waals surface area contributed by atoms with Crippen LogP contribution in [0.25, 0.3) is 10.2 Å². The van der Waals surface area contributed by atoms with Crippen LogP contribution in [0.5, 0.6) is 0 Å². The van der Waals surface area contributed by atoms with Gasteiger partial charge in [-0.2, -0.15) is 0 Å². The smallest absolute Gasteiger partial charge is 0.255 e. The Labute approximate surface area is 210 Å². The van der Waals surface area contributed by atoms with E-state index in [4.69, 9.17) is 0 Å². The molecule has 2 aromatic carbocycles. The average Bonchev–Trinajstić information content (AvgIpc) is 3.41. The zero-order valence-electron chi connectivity index (χ0n) is 19.4. The highest BCUT2D eigenvalue weighted by molar-refractivity contribution is 7.18. The van der Waals surface area contributed by atoms with E-state index in [1.807, 2.05) is 24.3 Å². The lowest BCUT2D eigenvalue weighted by Crippen LogP contribution is -2.52. The van der Waals surface area contributed by atoms with Crippen LogP contribution in [0.3, 0.4) is 0 Å². The second kappa shape index (κ2) is 9.01. The molecule has 3 aromatic rings. The van der Waals surface area contributed by atoms with E-state index in [1.54, 1.807) is 11.3 Å². The van der Waals surface area contributed by atoms with Crippen molar-refractivity contribution >= 4 is 39.3 Å². The molecule has 1 unspecified atom stereocenters. The Hall–Kier alpha value is -3.24. The molecule has 1 N–H and O–H groups in total. The molecular formula is C26H24F2N4O3S. The summed E-state index contributed by atoms with van der Waals surface area (Å²) in [5.74, 6) is -3.23. The first-order chi connectivity index (χ1) is 17.4. The Kier molecular flexibility index (Phi) is 5.80. The zero-order valence-corrected chi connectivity index (χ0v) is 20.2. The first-order valence-corrected chi connectivity index (χ1v) is 12.9. The molecule has 0 radical (unpaired) electrons. The highest BCUT2D eigenvalue weighted by atomic mass is 32.1. The molecule has 10 heteroatoms. The summed E-state index contributed by atoms with van der Waals surface area (Å²) in [7, 11) is 0. The molecule has 1 atom stereocenters. The maximum Gasteiger partial charge on any atom is 0.255 e. The normalized spacial score (nSPS) is 21.3. The van der Waals surface area contributed by atoms with Gasteiger partial charge in [0.2, 0.25) is 11.8 Å². The fourth-order valence-electron chi connectivity index (χ4n) is 5.58. The number of hydrogen-bond acceptors (Lipinski definition) is 6. The SMILES string of the molecule is O=C1CCC(N2Cc3c(cc(F)c(C4CCN(Cc5nc6ccccc6s5)CC4)c3F)C2=O)C(=O)N1. The number of piperidine rings is 2. The van der Waals surface area contributed by atoms with Crippen molar-refractivity contribution < 1.29 is 23.2 Å². The van der Waals surface area contributed by atoms with Crippen LogP contribution in [0, 0.1) is 11.6 Å². The van der Waals surface area contributed by atoms with Gasteiger partial charge < -0.3 is 4.90 Å². The van der Waals surface area contributed by atoms with Crippen LogP contribution in [-0.2, 0) is 22.7 Å². The van der Waals surface area contributed by atoms with E-state index in [9.17, 15) is 14.4 Å². The molecule has 36 heavy (non-hydrogen) atoms. The number of nitrogens with zero attached hydrogens (tertiary/aromatic N) is 3. The molecule has 186 valence electrons. The van der Waals surface area contributed by atoms with Crippen LogP contribution < -0.4 is 5.32 Å². The molecule has 2 saturated heterocycles. The maximum absolute atomic E-state index is 15.7. The molecule has 1 aromatic heterocycles. The summed E-state index contributed by atoms with van der Waals surface area (Å²) in [4.78, 5) is 44.8. The first-order valence-electron chi connectivity index (χ1n) is 12.1. The second-order valence-electron chi connectivity index (χ2n) is 9.64. The minimum Gasteiger partial charge on any atom is -0.322 e. The number of aromatic nitrogens is 1. The number of nitrogens with one attached hydrogen (secondary N) is 1. The van der Waals surface area contributed by atoms with Crippen molar-refractivity contribution in [3.8, 4) is 0 Å². The lowest BCUT2D eigenvalue weighted by atomic mass is 9.86. The van der Waals surface area contributed by atoms with Gasteiger partial charge >= 0.3 is 0 Å². The molecule has 3 aliphatic heterocycles. The molecule has 0 bridgehead atoms. The fourth-order valence-corrected chi connectivity index (χ4v) is 6.59. The van der Waals surface area contributed by atoms with Crippen LogP contribution in [0.1, 0.15) is 58.1 Å². The molecule has 0 aliphatic carbocycles. The number of rotatable bonds is 4. The molecule has 4 heterocycles. The molecule has 6 rings (SSSR count). The number of benzene rings is 2. The summed E-state index contributed by atoms with van der Waals surface area (Å²) in [6.07, 6.45) is 1.48. The summed E-state index contributed by atoms with van der Waals surface area (Å²) in [5.41, 5.74) is 1.12. The van der Waals surface area contributed by atoms with Gasteiger partial charge in [0.1, 0.15) is 22.7 Å². The predicted octanol–water partition coefficient (Wildman–Crippen LogP) is 3.72. The number of amides is 3. The van der Waals surface area contributed by atoms with Crippen LogP contribution >= 0.6 is 11.3 Å². The van der Waals surface area contributed by atoms with Gasteiger partial charge in [-0.15, -0.1) is 11.3 Å². The monoisotopic (exact) mass is 510 g/mol. The number of carbonyl (C=O) groups excluding carboxylic acids is 3. The summed E-state index contributed by atoms with van der Waals surface area (Å²) in [6, 6.07) is 8.26. The van der Waals surface area contributed by atoms with Crippen molar-refractivity contribution in [3.05, 3.63) is 63.7 Å². The Balaban J connectivity index is 1.17.